The molecule has 3 heteroatoms. The number of aliphatic hydroxyl groups excluding tert-OH is 1. The number of nitrogens with zero attached hydrogens (tertiary/aromatic N) is 1. The van der Waals surface area contributed by atoms with Crippen molar-refractivity contribution in [1.29, 1.82) is 0 Å². The number of anilines is 1. The Morgan fingerprint density at radius 2 is 1.80 bits per heavy atom. The first-order valence-corrected chi connectivity index (χ1v) is 7.83. The minimum atomic E-state index is -0.622. The van der Waals surface area contributed by atoms with Gasteiger partial charge in [-0.05, 0) is 44.1 Å². The normalized spacial score (nSPS) is 23.2. The fourth-order valence-electron chi connectivity index (χ4n) is 4.03. The Morgan fingerprint density at radius 1 is 1.15 bits per heavy atom. The Kier molecular flexibility index (Phi) is 3.72. The van der Waals surface area contributed by atoms with E-state index in [0.29, 0.717) is 16.7 Å². The highest BCUT2D eigenvalue weighted by atomic mass is 19.1. The molecule has 0 bridgehead atoms. The lowest BCUT2D eigenvalue weighted by atomic mass is 9.77. The average molecular weight is 277 g/mol. The van der Waals surface area contributed by atoms with E-state index in [1.54, 1.807) is 13.0 Å². The van der Waals surface area contributed by atoms with Gasteiger partial charge in [-0.3, -0.25) is 0 Å². The van der Waals surface area contributed by atoms with Gasteiger partial charge in [0.25, 0.3) is 0 Å². The molecule has 2 aliphatic rings. The molecular formula is C17H24FNO. The van der Waals surface area contributed by atoms with Gasteiger partial charge in [0.1, 0.15) is 5.82 Å². The van der Waals surface area contributed by atoms with Crippen molar-refractivity contribution in [3.8, 4) is 0 Å². The van der Waals surface area contributed by atoms with Crippen LogP contribution < -0.4 is 4.90 Å². The van der Waals surface area contributed by atoms with Crippen LogP contribution in [-0.2, 0) is 0 Å². The monoisotopic (exact) mass is 277 g/mol. The van der Waals surface area contributed by atoms with Gasteiger partial charge in [-0.15, -0.1) is 0 Å². The van der Waals surface area contributed by atoms with E-state index in [9.17, 15) is 9.50 Å². The fourth-order valence-corrected chi connectivity index (χ4v) is 4.03. The minimum Gasteiger partial charge on any atom is -0.389 e. The van der Waals surface area contributed by atoms with Gasteiger partial charge in [0.2, 0.25) is 0 Å². The van der Waals surface area contributed by atoms with Crippen LogP contribution in [0.25, 0.3) is 0 Å². The van der Waals surface area contributed by atoms with Gasteiger partial charge in [-0.25, -0.2) is 4.39 Å². The molecule has 20 heavy (non-hydrogen) atoms. The van der Waals surface area contributed by atoms with Crippen LogP contribution in [0.4, 0.5) is 10.1 Å². The molecule has 1 saturated carbocycles. The van der Waals surface area contributed by atoms with E-state index >= 15 is 0 Å². The molecule has 0 unspecified atom stereocenters. The maximum absolute atomic E-state index is 14.2. The van der Waals surface area contributed by atoms with Crippen molar-refractivity contribution in [2.75, 3.05) is 18.0 Å². The predicted molar refractivity (Wildman–Crippen MR) is 79.4 cm³/mol. The van der Waals surface area contributed by atoms with Crippen molar-refractivity contribution in [3.63, 3.8) is 0 Å². The van der Waals surface area contributed by atoms with Crippen LogP contribution in [0.2, 0.25) is 0 Å². The first-order valence-electron chi connectivity index (χ1n) is 7.83. The highest BCUT2D eigenvalue weighted by Crippen LogP contribution is 2.47. The number of piperidine rings is 1. The maximum atomic E-state index is 14.2. The van der Waals surface area contributed by atoms with E-state index in [2.05, 4.69) is 4.90 Å². The zero-order valence-electron chi connectivity index (χ0n) is 12.2. The summed E-state index contributed by atoms with van der Waals surface area (Å²) in [7, 11) is 0. The number of para-hydroxylation sites is 1. The molecule has 1 aromatic carbocycles. The molecule has 1 spiro atoms. The fraction of sp³-hybridized carbons (Fsp3) is 0.647. The van der Waals surface area contributed by atoms with Crippen LogP contribution in [0.1, 0.15) is 57.1 Å². The molecular weight excluding hydrogens is 253 g/mol. The summed E-state index contributed by atoms with van der Waals surface area (Å²) in [6.07, 6.45) is 7.13. The Balaban J connectivity index is 1.81. The highest BCUT2D eigenvalue weighted by Gasteiger charge is 2.37. The van der Waals surface area contributed by atoms with Crippen LogP contribution in [0, 0.1) is 11.2 Å². The summed E-state index contributed by atoms with van der Waals surface area (Å²) in [5.74, 6) is -0.203. The summed E-state index contributed by atoms with van der Waals surface area (Å²) >= 11 is 0. The largest absolute Gasteiger partial charge is 0.389 e. The van der Waals surface area contributed by atoms with E-state index < -0.39 is 6.10 Å². The van der Waals surface area contributed by atoms with E-state index in [1.807, 2.05) is 6.07 Å². The maximum Gasteiger partial charge on any atom is 0.146 e. The Bertz CT molecular complexity index is 470. The van der Waals surface area contributed by atoms with Crippen LogP contribution in [0.3, 0.4) is 0 Å². The molecule has 3 rings (SSSR count). The summed E-state index contributed by atoms with van der Waals surface area (Å²) < 4.78 is 14.2. The Morgan fingerprint density at radius 3 is 2.40 bits per heavy atom. The second-order valence-electron chi connectivity index (χ2n) is 6.55. The molecule has 1 aliphatic carbocycles. The first kappa shape index (κ1) is 13.9. The number of rotatable bonds is 2. The van der Waals surface area contributed by atoms with Gasteiger partial charge >= 0.3 is 0 Å². The molecule has 1 heterocycles. The number of hydrogen-bond acceptors (Lipinski definition) is 2. The topological polar surface area (TPSA) is 23.5 Å². The van der Waals surface area contributed by atoms with Crippen LogP contribution in [0.5, 0.6) is 0 Å². The molecule has 2 fully saturated rings. The van der Waals surface area contributed by atoms with E-state index in [4.69, 9.17) is 0 Å². The first-order chi connectivity index (χ1) is 9.61. The van der Waals surface area contributed by atoms with Crippen molar-refractivity contribution >= 4 is 5.69 Å². The summed E-state index contributed by atoms with van der Waals surface area (Å²) in [6.45, 7) is 3.54. The van der Waals surface area contributed by atoms with Crippen molar-refractivity contribution < 1.29 is 9.50 Å². The van der Waals surface area contributed by atoms with Gasteiger partial charge in [0, 0.05) is 18.7 Å². The molecule has 0 radical (unpaired) electrons. The van der Waals surface area contributed by atoms with Crippen LogP contribution >= 0.6 is 0 Å². The van der Waals surface area contributed by atoms with E-state index in [1.165, 1.54) is 44.6 Å². The number of aliphatic hydroxyl groups is 1. The zero-order chi connectivity index (χ0) is 14.2. The average Bonchev–Trinajstić information content (AvgIpc) is 2.88. The Hall–Kier alpha value is -1.09. The molecule has 1 aromatic rings. The van der Waals surface area contributed by atoms with Crippen molar-refractivity contribution in [3.05, 3.63) is 29.6 Å². The number of halogens is 1. The van der Waals surface area contributed by atoms with E-state index in [-0.39, 0.29) is 5.82 Å². The zero-order valence-corrected chi connectivity index (χ0v) is 12.2. The third-order valence-corrected chi connectivity index (χ3v) is 5.27. The molecule has 110 valence electrons. The number of benzene rings is 1. The molecule has 0 aromatic heterocycles. The van der Waals surface area contributed by atoms with Gasteiger partial charge in [0.05, 0.1) is 11.8 Å². The van der Waals surface area contributed by atoms with E-state index in [0.717, 1.165) is 13.1 Å². The SMILES string of the molecule is C[C@@H](O)c1cccc(F)c1N1CCC2(CCCC2)CC1. The molecule has 1 saturated heterocycles. The van der Waals surface area contributed by atoms with Crippen LogP contribution in [-0.4, -0.2) is 18.2 Å². The summed E-state index contributed by atoms with van der Waals surface area (Å²) in [4.78, 5) is 2.14. The molecule has 1 aliphatic heterocycles. The van der Waals surface area contributed by atoms with Crippen molar-refractivity contribution in [2.24, 2.45) is 5.41 Å². The van der Waals surface area contributed by atoms with Crippen LogP contribution in [0.15, 0.2) is 18.2 Å². The second kappa shape index (κ2) is 5.36. The van der Waals surface area contributed by atoms with Gasteiger partial charge in [-0.1, -0.05) is 25.0 Å². The third kappa shape index (κ3) is 2.44. The third-order valence-electron chi connectivity index (χ3n) is 5.27. The molecule has 2 nitrogen and oxygen atoms in total. The lowest BCUT2D eigenvalue weighted by Gasteiger charge is -2.41. The summed E-state index contributed by atoms with van der Waals surface area (Å²) in [5.41, 5.74) is 1.87. The van der Waals surface area contributed by atoms with Gasteiger partial charge < -0.3 is 10.0 Å². The van der Waals surface area contributed by atoms with Gasteiger partial charge in [-0.2, -0.15) is 0 Å². The second-order valence-corrected chi connectivity index (χ2v) is 6.55. The predicted octanol–water partition coefficient (Wildman–Crippen LogP) is 4.04. The lowest BCUT2D eigenvalue weighted by molar-refractivity contribution is 0.197. The smallest absolute Gasteiger partial charge is 0.146 e. The standard InChI is InChI=1S/C17H24FNO/c1-13(20)14-5-4-6-15(18)16(14)19-11-9-17(10-12-19)7-2-3-8-17/h4-6,13,20H,2-3,7-12H2,1H3/t13-/m1/s1. The number of hydrogen-bond donors (Lipinski definition) is 1. The molecule has 0 amide bonds. The quantitative estimate of drug-likeness (QED) is 0.882. The molecule has 1 N–H and O–H groups in total. The Labute approximate surface area is 120 Å². The van der Waals surface area contributed by atoms with Crippen molar-refractivity contribution in [1.82, 2.24) is 0 Å². The highest BCUT2D eigenvalue weighted by molar-refractivity contribution is 5.56. The minimum absolute atomic E-state index is 0.203. The van der Waals surface area contributed by atoms with Crippen molar-refractivity contribution in [2.45, 2.75) is 51.6 Å². The summed E-state index contributed by atoms with van der Waals surface area (Å²) in [6, 6.07) is 5.02. The summed E-state index contributed by atoms with van der Waals surface area (Å²) in [5, 5.41) is 9.87. The lowest BCUT2D eigenvalue weighted by Crippen LogP contribution is -2.39. The van der Waals surface area contributed by atoms with Gasteiger partial charge in [0.15, 0.2) is 0 Å². The molecule has 1 atom stereocenters.